The molecule has 2 atom stereocenters. The molecule has 2 saturated heterocycles. The maximum Gasteiger partial charge on any atom is 0.123 e. The van der Waals surface area contributed by atoms with Crippen LogP contribution in [0.1, 0.15) is 19.3 Å². The van der Waals surface area contributed by atoms with E-state index in [1.54, 1.807) is 12.1 Å². The zero-order valence-corrected chi connectivity index (χ0v) is 13.1. The molecular weight excluding hydrogens is 279 g/mol. The number of fused-ring (bicyclic) bond motifs is 1. The Balaban J connectivity index is 1.49. The Bertz CT molecular complexity index is 502. The third kappa shape index (κ3) is 3.13. The van der Waals surface area contributed by atoms with Crippen LogP contribution in [0.2, 0.25) is 0 Å². The van der Waals surface area contributed by atoms with Gasteiger partial charge in [0.25, 0.3) is 0 Å². The van der Waals surface area contributed by atoms with E-state index in [-0.39, 0.29) is 5.82 Å². The standard InChI is InChI=1S/C18H25FN2O/c19-16-3-5-17(6-4-16)21-9-10-22-13-15-12-20(8-7-18(15)21)11-14-1-2-14/h3-6,14-15,18H,1-2,7-13H2/t15-,18+/m1/s1. The number of piperidine rings is 1. The molecule has 3 fully saturated rings. The van der Waals surface area contributed by atoms with E-state index >= 15 is 0 Å². The molecule has 1 aliphatic carbocycles. The molecule has 120 valence electrons. The average molecular weight is 304 g/mol. The first-order valence-corrected chi connectivity index (χ1v) is 8.62. The molecule has 0 unspecified atom stereocenters. The van der Waals surface area contributed by atoms with Gasteiger partial charge >= 0.3 is 0 Å². The normalized spacial score (nSPS) is 30.0. The lowest BCUT2D eigenvalue weighted by atomic mass is 9.91. The minimum atomic E-state index is -0.161. The molecule has 0 bridgehead atoms. The summed E-state index contributed by atoms with van der Waals surface area (Å²) in [7, 11) is 0. The number of likely N-dealkylation sites (tertiary alicyclic amines) is 1. The van der Waals surface area contributed by atoms with Crippen molar-refractivity contribution >= 4 is 5.69 Å². The first-order chi connectivity index (χ1) is 10.8. The maximum absolute atomic E-state index is 13.2. The molecule has 1 aromatic rings. The topological polar surface area (TPSA) is 15.7 Å². The van der Waals surface area contributed by atoms with E-state index in [2.05, 4.69) is 9.80 Å². The Morgan fingerprint density at radius 1 is 1.09 bits per heavy atom. The van der Waals surface area contributed by atoms with E-state index in [1.807, 2.05) is 12.1 Å². The highest BCUT2D eigenvalue weighted by molar-refractivity contribution is 5.48. The van der Waals surface area contributed by atoms with Gasteiger partial charge in [0.1, 0.15) is 5.82 Å². The summed E-state index contributed by atoms with van der Waals surface area (Å²) in [6.07, 6.45) is 4.03. The molecule has 0 spiro atoms. The maximum atomic E-state index is 13.2. The van der Waals surface area contributed by atoms with Gasteiger partial charge in [-0.05, 0) is 49.4 Å². The van der Waals surface area contributed by atoms with Crippen LogP contribution in [-0.4, -0.2) is 50.3 Å². The quantitative estimate of drug-likeness (QED) is 0.854. The Hall–Kier alpha value is -1.13. The minimum absolute atomic E-state index is 0.161. The fourth-order valence-corrected chi connectivity index (χ4v) is 4.02. The largest absolute Gasteiger partial charge is 0.379 e. The van der Waals surface area contributed by atoms with Crippen molar-refractivity contribution in [1.29, 1.82) is 0 Å². The van der Waals surface area contributed by atoms with Crippen LogP contribution < -0.4 is 4.90 Å². The predicted octanol–water partition coefficient (Wildman–Crippen LogP) is 2.76. The number of benzene rings is 1. The first-order valence-electron chi connectivity index (χ1n) is 8.62. The van der Waals surface area contributed by atoms with Gasteiger partial charge in [-0.3, -0.25) is 0 Å². The lowest BCUT2D eigenvalue weighted by Crippen LogP contribution is -2.52. The number of hydrogen-bond acceptors (Lipinski definition) is 3. The zero-order chi connectivity index (χ0) is 14.9. The second kappa shape index (κ2) is 6.17. The summed E-state index contributed by atoms with van der Waals surface area (Å²) in [6.45, 7) is 6.17. The van der Waals surface area contributed by atoms with Crippen molar-refractivity contribution in [3.05, 3.63) is 30.1 Å². The summed E-state index contributed by atoms with van der Waals surface area (Å²) >= 11 is 0. The Labute approximate surface area is 132 Å². The number of rotatable bonds is 3. The molecule has 3 nitrogen and oxygen atoms in total. The monoisotopic (exact) mass is 304 g/mol. The second-order valence-electron chi connectivity index (χ2n) is 7.06. The van der Waals surface area contributed by atoms with Crippen molar-refractivity contribution in [1.82, 2.24) is 4.90 Å². The van der Waals surface area contributed by atoms with Gasteiger partial charge in [-0.25, -0.2) is 4.39 Å². The highest BCUT2D eigenvalue weighted by Crippen LogP contribution is 2.33. The van der Waals surface area contributed by atoms with Crippen molar-refractivity contribution in [3.63, 3.8) is 0 Å². The lowest BCUT2D eigenvalue weighted by molar-refractivity contribution is 0.0719. The molecule has 1 saturated carbocycles. The minimum Gasteiger partial charge on any atom is -0.379 e. The van der Waals surface area contributed by atoms with Crippen LogP contribution in [0, 0.1) is 17.7 Å². The predicted molar refractivity (Wildman–Crippen MR) is 85.6 cm³/mol. The van der Waals surface area contributed by atoms with E-state index in [0.717, 1.165) is 37.9 Å². The fourth-order valence-electron chi connectivity index (χ4n) is 4.02. The molecule has 0 aromatic heterocycles. The molecule has 0 amide bonds. The van der Waals surface area contributed by atoms with E-state index in [0.29, 0.717) is 12.0 Å². The molecule has 22 heavy (non-hydrogen) atoms. The third-order valence-corrected chi connectivity index (χ3v) is 5.36. The molecule has 1 aromatic carbocycles. The van der Waals surface area contributed by atoms with Gasteiger partial charge in [-0.1, -0.05) is 0 Å². The number of halogens is 1. The highest BCUT2D eigenvalue weighted by Gasteiger charge is 2.36. The van der Waals surface area contributed by atoms with E-state index in [1.165, 1.54) is 32.4 Å². The number of ether oxygens (including phenoxy) is 1. The highest BCUT2D eigenvalue weighted by atomic mass is 19.1. The van der Waals surface area contributed by atoms with E-state index < -0.39 is 0 Å². The third-order valence-electron chi connectivity index (χ3n) is 5.36. The van der Waals surface area contributed by atoms with Gasteiger partial charge < -0.3 is 14.5 Å². The Morgan fingerprint density at radius 3 is 2.68 bits per heavy atom. The van der Waals surface area contributed by atoms with Gasteiger partial charge in [0.2, 0.25) is 0 Å². The van der Waals surface area contributed by atoms with Gasteiger partial charge in [-0.15, -0.1) is 0 Å². The number of hydrogen-bond donors (Lipinski definition) is 0. The van der Waals surface area contributed by atoms with Crippen molar-refractivity contribution in [2.45, 2.75) is 25.3 Å². The summed E-state index contributed by atoms with van der Waals surface area (Å²) < 4.78 is 19.1. The van der Waals surface area contributed by atoms with Crippen LogP contribution in [-0.2, 0) is 4.74 Å². The van der Waals surface area contributed by atoms with Crippen molar-refractivity contribution in [2.24, 2.45) is 11.8 Å². The molecule has 0 N–H and O–H groups in total. The Morgan fingerprint density at radius 2 is 1.91 bits per heavy atom. The fraction of sp³-hybridized carbons (Fsp3) is 0.667. The van der Waals surface area contributed by atoms with E-state index in [9.17, 15) is 4.39 Å². The first kappa shape index (κ1) is 14.5. The van der Waals surface area contributed by atoms with Gasteiger partial charge in [0.15, 0.2) is 0 Å². The summed E-state index contributed by atoms with van der Waals surface area (Å²) in [6, 6.07) is 7.49. The molecule has 2 heterocycles. The molecular formula is C18H25FN2O. The van der Waals surface area contributed by atoms with E-state index in [4.69, 9.17) is 4.74 Å². The van der Waals surface area contributed by atoms with Gasteiger partial charge in [0, 0.05) is 43.8 Å². The smallest absolute Gasteiger partial charge is 0.123 e. The second-order valence-corrected chi connectivity index (χ2v) is 7.06. The molecule has 0 radical (unpaired) electrons. The zero-order valence-electron chi connectivity index (χ0n) is 13.1. The average Bonchev–Trinajstić information content (AvgIpc) is 3.35. The SMILES string of the molecule is Fc1ccc(N2CCOC[C@H]3CN(CC4CC4)CC[C@@H]32)cc1. The van der Waals surface area contributed by atoms with Crippen LogP contribution in [0.5, 0.6) is 0 Å². The number of nitrogens with zero attached hydrogens (tertiary/aromatic N) is 2. The lowest BCUT2D eigenvalue weighted by Gasteiger charge is -2.43. The molecule has 4 heteroatoms. The summed E-state index contributed by atoms with van der Waals surface area (Å²) in [5.41, 5.74) is 1.14. The Kier molecular flexibility index (Phi) is 4.05. The van der Waals surface area contributed by atoms with Crippen LogP contribution in [0.3, 0.4) is 0 Å². The summed E-state index contributed by atoms with van der Waals surface area (Å²) in [5, 5.41) is 0. The molecule has 3 aliphatic rings. The van der Waals surface area contributed by atoms with Crippen molar-refractivity contribution < 1.29 is 9.13 Å². The summed E-state index contributed by atoms with van der Waals surface area (Å²) in [4.78, 5) is 5.09. The van der Waals surface area contributed by atoms with Crippen LogP contribution in [0.15, 0.2) is 24.3 Å². The van der Waals surface area contributed by atoms with Crippen molar-refractivity contribution in [2.75, 3.05) is 44.3 Å². The molecule has 2 aliphatic heterocycles. The van der Waals surface area contributed by atoms with Gasteiger partial charge in [-0.2, -0.15) is 0 Å². The van der Waals surface area contributed by atoms with Crippen LogP contribution >= 0.6 is 0 Å². The van der Waals surface area contributed by atoms with Crippen molar-refractivity contribution in [3.8, 4) is 0 Å². The number of anilines is 1. The molecule has 4 rings (SSSR count). The summed E-state index contributed by atoms with van der Waals surface area (Å²) in [5.74, 6) is 1.36. The van der Waals surface area contributed by atoms with Gasteiger partial charge in [0.05, 0.1) is 13.2 Å². The van der Waals surface area contributed by atoms with Crippen LogP contribution in [0.4, 0.5) is 10.1 Å². The van der Waals surface area contributed by atoms with Crippen LogP contribution in [0.25, 0.3) is 0 Å².